The van der Waals surface area contributed by atoms with Gasteiger partial charge in [-0.15, -0.1) is 0 Å². The fraction of sp³-hybridized carbons (Fsp3) is 0.429. The maximum atomic E-state index is 12.0. The number of rotatable bonds is 5. The molecule has 0 unspecified atom stereocenters. The molecule has 0 aliphatic heterocycles. The summed E-state index contributed by atoms with van der Waals surface area (Å²) in [4.78, 5) is 23.6. The van der Waals surface area contributed by atoms with E-state index in [1.807, 2.05) is 13.8 Å². The van der Waals surface area contributed by atoms with Crippen LogP contribution in [0.25, 0.3) is 0 Å². The van der Waals surface area contributed by atoms with Gasteiger partial charge in [0.2, 0.25) is 5.91 Å². The molecule has 2 amide bonds. The van der Waals surface area contributed by atoms with Crippen molar-refractivity contribution in [2.24, 2.45) is 11.7 Å². The van der Waals surface area contributed by atoms with Crippen molar-refractivity contribution in [1.29, 1.82) is 0 Å². The van der Waals surface area contributed by atoms with Gasteiger partial charge in [0.15, 0.2) is 0 Å². The summed E-state index contributed by atoms with van der Waals surface area (Å²) in [5.41, 5.74) is 6.42. The first-order valence-corrected chi connectivity index (χ1v) is 6.35. The first-order valence-electron chi connectivity index (χ1n) is 6.35. The molecule has 0 aliphatic rings. The van der Waals surface area contributed by atoms with Gasteiger partial charge >= 0.3 is 0 Å². The van der Waals surface area contributed by atoms with E-state index >= 15 is 0 Å². The number of anilines is 1. The van der Waals surface area contributed by atoms with E-state index in [9.17, 15) is 9.59 Å². The third-order valence-corrected chi connectivity index (χ3v) is 2.51. The summed E-state index contributed by atoms with van der Waals surface area (Å²) in [5.74, 6) is -0.145. The van der Waals surface area contributed by atoms with Crippen LogP contribution in [-0.2, 0) is 4.79 Å². The summed E-state index contributed by atoms with van der Waals surface area (Å²) >= 11 is 0. The number of carbonyl (C=O) groups is 2. The molecule has 0 spiro atoms. The average molecular weight is 263 g/mol. The Hall–Kier alpha value is -1.88. The van der Waals surface area contributed by atoms with Crippen molar-refractivity contribution in [3.63, 3.8) is 0 Å². The largest absolute Gasteiger partial charge is 0.352 e. The molecule has 1 aromatic carbocycles. The highest BCUT2D eigenvalue weighted by Gasteiger charge is 2.14. The van der Waals surface area contributed by atoms with Crippen molar-refractivity contribution in [1.82, 2.24) is 5.32 Å². The molecule has 19 heavy (non-hydrogen) atoms. The first-order chi connectivity index (χ1) is 8.91. The van der Waals surface area contributed by atoms with Crippen molar-refractivity contribution in [2.45, 2.75) is 26.8 Å². The highest BCUT2D eigenvalue weighted by Crippen LogP contribution is 2.15. The highest BCUT2D eigenvalue weighted by atomic mass is 16.2. The van der Waals surface area contributed by atoms with Crippen molar-refractivity contribution in [3.05, 3.63) is 29.8 Å². The van der Waals surface area contributed by atoms with E-state index < -0.39 is 6.04 Å². The van der Waals surface area contributed by atoms with Gasteiger partial charge in [-0.2, -0.15) is 0 Å². The number of nitrogens with one attached hydrogen (secondary N) is 2. The van der Waals surface area contributed by atoms with Gasteiger partial charge in [0, 0.05) is 6.54 Å². The molecule has 104 valence electrons. The van der Waals surface area contributed by atoms with Crippen LogP contribution in [0.1, 0.15) is 31.1 Å². The number of carbonyl (C=O) groups excluding carboxylic acids is 2. The molecule has 0 aliphatic carbocycles. The van der Waals surface area contributed by atoms with Gasteiger partial charge in [-0.25, -0.2) is 0 Å². The number of amides is 2. The lowest BCUT2D eigenvalue weighted by atomic mass is 10.1. The van der Waals surface area contributed by atoms with E-state index in [1.54, 1.807) is 31.2 Å². The van der Waals surface area contributed by atoms with Crippen LogP contribution in [0.4, 0.5) is 5.69 Å². The van der Waals surface area contributed by atoms with Crippen LogP contribution in [0.2, 0.25) is 0 Å². The van der Waals surface area contributed by atoms with Gasteiger partial charge in [-0.1, -0.05) is 26.0 Å². The molecule has 0 fully saturated rings. The molecule has 5 nitrogen and oxygen atoms in total. The summed E-state index contributed by atoms with van der Waals surface area (Å²) < 4.78 is 0. The van der Waals surface area contributed by atoms with Gasteiger partial charge < -0.3 is 16.4 Å². The van der Waals surface area contributed by atoms with Gasteiger partial charge in [-0.05, 0) is 25.0 Å². The van der Waals surface area contributed by atoms with Crippen molar-refractivity contribution < 1.29 is 9.59 Å². The maximum absolute atomic E-state index is 12.0. The summed E-state index contributed by atoms with van der Waals surface area (Å²) in [7, 11) is 0. The Morgan fingerprint density at radius 1 is 1.21 bits per heavy atom. The minimum absolute atomic E-state index is 0.200. The van der Waals surface area contributed by atoms with Crippen molar-refractivity contribution >= 4 is 17.5 Å². The Bertz CT molecular complexity index is 456. The Kier molecular flexibility index (Phi) is 5.51. The standard InChI is InChI=1S/C14H21N3O2/c1-9(2)8-16-14(19)11-6-4-5-7-12(11)17-13(18)10(3)15/h4-7,9-10H,8,15H2,1-3H3,(H,16,19)(H,17,18)/t10-/m0/s1. The predicted molar refractivity (Wildman–Crippen MR) is 75.9 cm³/mol. The number of benzene rings is 1. The lowest BCUT2D eigenvalue weighted by Crippen LogP contribution is -2.34. The lowest BCUT2D eigenvalue weighted by Gasteiger charge is -2.13. The summed E-state index contributed by atoms with van der Waals surface area (Å²) in [6.07, 6.45) is 0. The molecule has 0 heterocycles. The monoisotopic (exact) mass is 263 g/mol. The fourth-order valence-corrected chi connectivity index (χ4v) is 1.43. The third kappa shape index (κ3) is 4.71. The van der Waals surface area contributed by atoms with Crippen LogP contribution >= 0.6 is 0 Å². The number of hydrogen-bond donors (Lipinski definition) is 3. The number of para-hydroxylation sites is 1. The summed E-state index contributed by atoms with van der Waals surface area (Å²) in [6.45, 7) is 6.22. The van der Waals surface area contributed by atoms with E-state index in [4.69, 9.17) is 5.73 Å². The Labute approximate surface area is 113 Å². The lowest BCUT2D eigenvalue weighted by molar-refractivity contribution is -0.117. The van der Waals surface area contributed by atoms with Crippen LogP contribution in [0.5, 0.6) is 0 Å². The summed E-state index contributed by atoms with van der Waals surface area (Å²) in [5, 5.41) is 5.47. The highest BCUT2D eigenvalue weighted by molar-refractivity contribution is 6.04. The molecule has 5 heteroatoms. The van der Waals surface area contributed by atoms with Crippen LogP contribution in [0.15, 0.2) is 24.3 Å². The zero-order valence-electron chi connectivity index (χ0n) is 11.6. The van der Waals surface area contributed by atoms with E-state index in [0.717, 1.165) is 0 Å². The normalized spacial score (nSPS) is 12.1. The minimum Gasteiger partial charge on any atom is -0.352 e. The molecule has 1 aromatic rings. The molecule has 1 atom stereocenters. The van der Waals surface area contributed by atoms with Crippen molar-refractivity contribution in [3.8, 4) is 0 Å². The van der Waals surface area contributed by atoms with E-state index in [0.29, 0.717) is 23.7 Å². The predicted octanol–water partition coefficient (Wildman–Crippen LogP) is 1.36. The second-order valence-electron chi connectivity index (χ2n) is 4.93. The van der Waals surface area contributed by atoms with E-state index in [-0.39, 0.29) is 11.8 Å². The topological polar surface area (TPSA) is 84.2 Å². The molecule has 0 saturated carbocycles. The van der Waals surface area contributed by atoms with Gasteiger partial charge in [0.1, 0.15) is 0 Å². The molecular weight excluding hydrogens is 242 g/mol. The zero-order valence-corrected chi connectivity index (χ0v) is 11.6. The Morgan fingerprint density at radius 3 is 2.42 bits per heavy atom. The molecule has 4 N–H and O–H groups in total. The number of hydrogen-bond acceptors (Lipinski definition) is 3. The molecule has 0 radical (unpaired) electrons. The van der Waals surface area contributed by atoms with E-state index in [1.165, 1.54) is 0 Å². The van der Waals surface area contributed by atoms with Crippen molar-refractivity contribution in [2.75, 3.05) is 11.9 Å². The maximum Gasteiger partial charge on any atom is 0.253 e. The van der Waals surface area contributed by atoms with E-state index in [2.05, 4.69) is 10.6 Å². The molecule has 0 saturated heterocycles. The van der Waals surface area contributed by atoms with Crippen LogP contribution in [0, 0.1) is 5.92 Å². The van der Waals surface area contributed by atoms with Gasteiger partial charge in [-0.3, -0.25) is 9.59 Å². The van der Waals surface area contributed by atoms with Gasteiger partial charge in [0.05, 0.1) is 17.3 Å². The third-order valence-electron chi connectivity index (χ3n) is 2.51. The van der Waals surface area contributed by atoms with Crippen LogP contribution in [0.3, 0.4) is 0 Å². The second kappa shape index (κ2) is 6.89. The Morgan fingerprint density at radius 2 is 1.84 bits per heavy atom. The first kappa shape index (κ1) is 15.2. The second-order valence-corrected chi connectivity index (χ2v) is 4.93. The smallest absolute Gasteiger partial charge is 0.253 e. The van der Waals surface area contributed by atoms with Crippen LogP contribution in [-0.4, -0.2) is 24.4 Å². The SMILES string of the molecule is CC(C)CNC(=O)c1ccccc1NC(=O)[C@H](C)N. The molecule has 0 aromatic heterocycles. The van der Waals surface area contributed by atoms with Gasteiger partial charge in [0.25, 0.3) is 5.91 Å². The fourth-order valence-electron chi connectivity index (χ4n) is 1.43. The molecule has 1 rings (SSSR count). The Balaban J connectivity index is 2.83. The molecular formula is C14H21N3O2. The number of nitrogens with two attached hydrogens (primary N) is 1. The minimum atomic E-state index is -0.619. The molecule has 0 bridgehead atoms. The van der Waals surface area contributed by atoms with Crippen LogP contribution < -0.4 is 16.4 Å². The zero-order chi connectivity index (χ0) is 14.4. The summed E-state index contributed by atoms with van der Waals surface area (Å²) in [6, 6.07) is 6.26. The average Bonchev–Trinajstić information content (AvgIpc) is 2.36. The quantitative estimate of drug-likeness (QED) is 0.750.